The Morgan fingerprint density at radius 1 is 1.50 bits per heavy atom. The molecule has 1 aliphatic carbocycles. The van der Waals surface area contributed by atoms with Crippen LogP contribution in [0.3, 0.4) is 0 Å². The molecule has 1 aliphatic heterocycles. The summed E-state index contributed by atoms with van der Waals surface area (Å²) in [5, 5.41) is 6.40. The number of hydrogen-bond acceptors (Lipinski definition) is 3. The van der Waals surface area contributed by atoms with Crippen LogP contribution < -0.4 is 10.6 Å². The molecule has 0 aromatic heterocycles. The average molecular weight is 226 g/mol. The van der Waals surface area contributed by atoms with Gasteiger partial charge in [-0.3, -0.25) is 4.79 Å². The van der Waals surface area contributed by atoms with Crippen LogP contribution in [0.4, 0.5) is 0 Å². The number of carbonyl (C=O) groups excluding carboxylic acids is 1. The monoisotopic (exact) mass is 226 g/mol. The van der Waals surface area contributed by atoms with Crippen LogP contribution in [-0.4, -0.2) is 37.7 Å². The van der Waals surface area contributed by atoms with Gasteiger partial charge in [0.05, 0.1) is 5.60 Å². The van der Waals surface area contributed by atoms with Crippen molar-refractivity contribution in [1.82, 2.24) is 10.6 Å². The molecule has 4 nitrogen and oxygen atoms in total. The summed E-state index contributed by atoms with van der Waals surface area (Å²) in [7, 11) is 1.79. The first-order chi connectivity index (χ1) is 7.74. The number of rotatable bonds is 4. The molecule has 2 aliphatic rings. The Labute approximate surface area is 97.1 Å². The maximum atomic E-state index is 11.4. The quantitative estimate of drug-likeness (QED) is 0.746. The van der Waals surface area contributed by atoms with Crippen molar-refractivity contribution in [3.8, 4) is 0 Å². The zero-order valence-corrected chi connectivity index (χ0v) is 10.1. The molecule has 0 aromatic rings. The summed E-state index contributed by atoms with van der Waals surface area (Å²) < 4.78 is 5.56. The van der Waals surface area contributed by atoms with Gasteiger partial charge in [0.2, 0.25) is 5.91 Å². The van der Waals surface area contributed by atoms with Gasteiger partial charge in [-0.05, 0) is 32.1 Å². The standard InChI is InChI=1S/C12H22N2O2/c1-16-12(5-3-6-12)9-14-10-4-2-7-13-11(15)8-10/h10,14H,2-9H2,1H3,(H,13,15). The van der Waals surface area contributed by atoms with E-state index in [0.29, 0.717) is 12.5 Å². The highest BCUT2D eigenvalue weighted by molar-refractivity contribution is 5.76. The minimum atomic E-state index is 0.0583. The average Bonchev–Trinajstić information content (AvgIpc) is 2.42. The fourth-order valence-corrected chi connectivity index (χ4v) is 2.50. The van der Waals surface area contributed by atoms with Crippen molar-refractivity contribution >= 4 is 5.91 Å². The zero-order valence-electron chi connectivity index (χ0n) is 10.1. The second-order valence-electron chi connectivity index (χ2n) is 5.01. The Balaban J connectivity index is 1.77. The van der Waals surface area contributed by atoms with Gasteiger partial charge in [0.1, 0.15) is 0 Å². The van der Waals surface area contributed by atoms with E-state index >= 15 is 0 Å². The van der Waals surface area contributed by atoms with E-state index in [2.05, 4.69) is 10.6 Å². The third-order valence-corrected chi connectivity index (χ3v) is 3.89. The Morgan fingerprint density at radius 2 is 2.31 bits per heavy atom. The van der Waals surface area contributed by atoms with Gasteiger partial charge >= 0.3 is 0 Å². The minimum Gasteiger partial charge on any atom is -0.377 e. The number of methoxy groups -OCH3 is 1. The molecule has 2 N–H and O–H groups in total. The maximum absolute atomic E-state index is 11.4. The summed E-state index contributed by atoms with van der Waals surface area (Å²) in [5.41, 5.74) is 0.0583. The molecular formula is C12H22N2O2. The highest BCUT2D eigenvalue weighted by atomic mass is 16.5. The molecular weight excluding hydrogens is 204 g/mol. The summed E-state index contributed by atoms with van der Waals surface area (Å²) in [6.45, 7) is 1.72. The molecule has 0 aromatic carbocycles. The molecule has 1 unspecified atom stereocenters. The molecule has 92 valence electrons. The SMILES string of the molecule is COC1(CNC2CCCNC(=O)C2)CCC1. The fraction of sp³-hybridized carbons (Fsp3) is 0.917. The molecule has 4 heteroatoms. The Kier molecular flexibility index (Phi) is 3.82. The first-order valence-corrected chi connectivity index (χ1v) is 6.29. The van der Waals surface area contributed by atoms with E-state index in [1.54, 1.807) is 7.11 Å². The number of nitrogens with one attached hydrogen (secondary N) is 2. The summed E-state index contributed by atoms with van der Waals surface area (Å²) in [6.07, 6.45) is 6.33. The Bertz CT molecular complexity index is 246. The third-order valence-electron chi connectivity index (χ3n) is 3.89. The Morgan fingerprint density at radius 3 is 2.94 bits per heavy atom. The number of amides is 1. The van der Waals surface area contributed by atoms with Crippen molar-refractivity contribution in [3.63, 3.8) is 0 Å². The van der Waals surface area contributed by atoms with Crippen molar-refractivity contribution in [2.24, 2.45) is 0 Å². The van der Waals surface area contributed by atoms with Crippen LogP contribution in [0.15, 0.2) is 0 Å². The van der Waals surface area contributed by atoms with E-state index in [-0.39, 0.29) is 11.5 Å². The number of ether oxygens (including phenoxy) is 1. The van der Waals surface area contributed by atoms with Gasteiger partial charge in [0.15, 0.2) is 0 Å². The van der Waals surface area contributed by atoms with Gasteiger partial charge in [-0.25, -0.2) is 0 Å². The molecule has 1 saturated carbocycles. The molecule has 1 amide bonds. The summed E-state index contributed by atoms with van der Waals surface area (Å²) in [6, 6.07) is 0.329. The predicted molar refractivity (Wildman–Crippen MR) is 62.2 cm³/mol. The largest absolute Gasteiger partial charge is 0.377 e. The molecule has 2 rings (SSSR count). The van der Waals surface area contributed by atoms with E-state index in [4.69, 9.17) is 4.74 Å². The lowest BCUT2D eigenvalue weighted by atomic mass is 9.79. The van der Waals surface area contributed by atoms with Gasteiger partial charge in [-0.1, -0.05) is 0 Å². The summed E-state index contributed by atoms with van der Waals surface area (Å²) in [4.78, 5) is 11.4. The number of hydrogen-bond donors (Lipinski definition) is 2. The topological polar surface area (TPSA) is 50.4 Å². The molecule has 1 saturated heterocycles. The van der Waals surface area contributed by atoms with Gasteiger partial charge in [0, 0.05) is 32.7 Å². The normalized spacial score (nSPS) is 29.1. The molecule has 1 heterocycles. The smallest absolute Gasteiger partial charge is 0.221 e. The van der Waals surface area contributed by atoms with E-state index in [1.165, 1.54) is 6.42 Å². The maximum Gasteiger partial charge on any atom is 0.221 e. The van der Waals surface area contributed by atoms with E-state index < -0.39 is 0 Å². The van der Waals surface area contributed by atoms with Crippen LogP contribution in [0.25, 0.3) is 0 Å². The van der Waals surface area contributed by atoms with E-state index in [0.717, 1.165) is 38.8 Å². The molecule has 16 heavy (non-hydrogen) atoms. The number of carbonyl (C=O) groups is 1. The molecule has 0 spiro atoms. The van der Waals surface area contributed by atoms with E-state index in [9.17, 15) is 4.79 Å². The second kappa shape index (κ2) is 5.15. The van der Waals surface area contributed by atoms with Gasteiger partial charge < -0.3 is 15.4 Å². The fourth-order valence-electron chi connectivity index (χ4n) is 2.50. The highest BCUT2D eigenvalue weighted by Crippen LogP contribution is 2.34. The van der Waals surface area contributed by atoms with Crippen LogP contribution in [0.5, 0.6) is 0 Å². The predicted octanol–water partition coefficient (Wildman–Crippen LogP) is 0.814. The van der Waals surface area contributed by atoms with Crippen LogP contribution in [0, 0.1) is 0 Å². The lowest BCUT2D eigenvalue weighted by molar-refractivity contribution is -0.121. The van der Waals surface area contributed by atoms with E-state index in [1.807, 2.05) is 0 Å². The second-order valence-corrected chi connectivity index (χ2v) is 5.01. The lowest BCUT2D eigenvalue weighted by Crippen LogP contribution is -2.50. The molecule has 0 radical (unpaired) electrons. The minimum absolute atomic E-state index is 0.0583. The van der Waals surface area contributed by atoms with Crippen LogP contribution in [-0.2, 0) is 9.53 Å². The molecule has 1 atom stereocenters. The molecule has 2 fully saturated rings. The van der Waals surface area contributed by atoms with Crippen LogP contribution in [0.1, 0.15) is 38.5 Å². The van der Waals surface area contributed by atoms with Crippen molar-refractivity contribution in [2.45, 2.75) is 50.2 Å². The van der Waals surface area contributed by atoms with Crippen molar-refractivity contribution in [1.29, 1.82) is 0 Å². The molecule has 0 bridgehead atoms. The lowest BCUT2D eigenvalue weighted by Gasteiger charge is -2.41. The van der Waals surface area contributed by atoms with Crippen LogP contribution >= 0.6 is 0 Å². The first kappa shape index (κ1) is 11.9. The van der Waals surface area contributed by atoms with Gasteiger partial charge in [-0.2, -0.15) is 0 Å². The van der Waals surface area contributed by atoms with Crippen molar-refractivity contribution < 1.29 is 9.53 Å². The highest BCUT2D eigenvalue weighted by Gasteiger charge is 2.37. The summed E-state index contributed by atoms with van der Waals surface area (Å²) in [5.74, 6) is 0.176. The zero-order chi connectivity index (χ0) is 11.4. The summed E-state index contributed by atoms with van der Waals surface area (Å²) >= 11 is 0. The van der Waals surface area contributed by atoms with Crippen molar-refractivity contribution in [2.75, 3.05) is 20.2 Å². The first-order valence-electron chi connectivity index (χ1n) is 6.29. The van der Waals surface area contributed by atoms with Gasteiger partial charge in [0.25, 0.3) is 0 Å². The Hall–Kier alpha value is -0.610. The third kappa shape index (κ3) is 2.74. The van der Waals surface area contributed by atoms with Crippen molar-refractivity contribution in [3.05, 3.63) is 0 Å². The van der Waals surface area contributed by atoms with Crippen LogP contribution in [0.2, 0.25) is 0 Å². The van der Waals surface area contributed by atoms with Gasteiger partial charge in [-0.15, -0.1) is 0 Å².